The minimum atomic E-state index is -0.790. The second-order valence-corrected chi connectivity index (χ2v) is 7.05. The molecule has 0 spiro atoms. The molecule has 0 aliphatic heterocycles. The summed E-state index contributed by atoms with van der Waals surface area (Å²) < 4.78 is 0. The summed E-state index contributed by atoms with van der Waals surface area (Å²) in [5.74, 6) is -0.820. The van der Waals surface area contributed by atoms with Gasteiger partial charge in [0.1, 0.15) is 0 Å². The zero-order valence-corrected chi connectivity index (χ0v) is 15.3. The number of carboxylic acids is 1. The quantitative estimate of drug-likeness (QED) is 0.319. The first-order valence-electron chi connectivity index (χ1n) is 9.55. The van der Waals surface area contributed by atoms with Crippen LogP contribution in [0.25, 0.3) is 0 Å². The molecule has 0 heterocycles. The fourth-order valence-corrected chi connectivity index (χ4v) is 3.47. The highest BCUT2D eigenvalue weighted by Gasteiger charge is 2.39. The fraction of sp³-hybridized carbons (Fsp3) is 0.750. The Hall–Kier alpha value is -1.17. The maximum Gasteiger partial charge on any atom is 0.303 e. The molecule has 1 aliphatic carbocycles. The van der Waals surface area contributed by atoms with Crippen LogP contribution in [0.4, 0.5) is 0 Å². The average molecular weight is 354 g/mol. The van der Waals surface area contributed by atoms with E-state index in [-0.39, 0.29) is 18.3 Å². The largest absolute Gasteiger partial charge is 0.481 e. The van der Waals surface area contributed by atoms with Crippen LogP contribution in [0.5, 0.6) is 0 Å². The van der Waals surface area contributed by atoms with E-state index in [0.717, 1.165) is 25.7 Å². The first-order valence-corrected chi connectivity index (χ1v) is 9.55. The van der Waals surface area contributed by atoms with E-state index < -0.39 is 24.3 Å². The highest BCUT2D eigenvalue weighted by Crippen LogP contribution is 2.37. The Bertz CT molecular complexity index is 432. The smallest absolute Gasteiger partial charge is 0.303 e. The van der Waals surface area contributed by atoms with E-state index in [1.54, 1.807) is 6.08 Å². The van der Waals surface area contributed by atoms with E-state index in [1.165, 1.54) is 0 Å². The zero-order chi connectivity index (χ0) is 18.7. The molecule has 0 aromatic heterocycles. The van der Waals surface area contributed by atoms with Gasteiger partial charge >= 0.3 is 5.97 Å². The summed E-state index contributed by atoms with van der Waals surface area (Å²) in [7, 11) is 0. The number of rotatable bonds is 12. The van der Waals surface area contributed by atoms with E-state index in [2.05, 4.69) is 6.92 Å². The van der Waals surface area contributed by atoms with Gasteiger partial charge in [-0.25, -0.2) is 0 Å². The monoisotopic (exact) mass is 354 g/mol. The molecule has 0 aromatic rings. The van der Waals surface area contributed by atoms with Gasteiger partial charge in [-0.2, -0.15) is 0 Å². The lowest BCUT2D eigenvalue weighted by Gasteiger charge is -2.21. The summed E-state index contributed by atoms with van der Waals surface area (Å²) in [5.41, 5.74) is 0. The third-order valence-corrected chi connectivity index (χ3v) is 4.92. The Labute approximate surface area is 151 Å². The van der Waals surface area contributed by atoms with Gasteiger partial charge in [-0.05, 0) is 31.6 Å². The number of aliphatic carboxylic acids is 1. The molecule has 0 amide bonds. The molecule has 1 aliphatic rings. The Morgan fingerprint density at radius 1 is 1.16 bits per heavy atom. The van der Waals surface area contributed by atoms with E-state index in [1.807, 2.05) is 18.2 Å². The van der Waals surface area contributed by atoms with Crippen molar-refractivity contribution in [2.75, 3.05) is 0 Å². The van der Waals surface area contributed by atoms with Crippen molar-refractivity contribution in [3.8, 4) is 0 Å². The number of aliphatic hydroxyl groups excluding tert-OH is 3. The number of unbranched alkanes of at least 4 members (excludes halogenated alkanes) is 3. The molecular formula is C20H34O5. The molecule has 25 heavy (non-hydrogen) atoms. The van der Waals surface area contributed by atoms with Gasteiger partial charge in [0.2, 0.25) is 0 Å². The number of hydrogen-bond donors (Lipinski definition) is 4. The third kappa shape index (κ3) is 8.66. The molecule has 5 atom stereocenters. The Morgan fingerprint density at radius 2 is 1.92 bits per heavy atom. The van der Waals surface area contributed by atoms with Crippen molar-refractivity contribution in [1.29, 1.82) is 0 Å². The van der Waals surface area contributed by atoms with Crippen LogP contribution >= 0.6 is 0 Å². The van der Waals surface area contributed by atoms with E-state index in [9.17, 15) is 20.1 Å². The van der Waals surface area contributed by atoms with Crippen molar-refractivity contribution < 1.29 is 25.2 Å². The Balaban J connectivity index is 2.39. The fourth-order valence-electron chi connectivity index (χ4n) is 3.47. The lowest BCUT2D eigenvalue weighted by Crippen LogP contribution is -2.21. The minimum absolute atomic E-state index is 0.0663. The van der Waals surface area contributed by atoms with E-state index in [0.29, 0.717) is 25.7 Å². The molecular weight excluding hydrogens is 320 g/mol. The number of carboxylic acid groups (broad SMARTS) is 1. The van der Waals surface area contributed by atoms with Crippen molar-refractivity contribution in [3.63, 3.8) is 0 Å². The molecule has 1 saturated carbocycles. The van der Waals surface area contributed by atoms with Crippen LogP contribution in [0.3, 0.4) is 0 Å². The number of allylic oxidation sites excluding steroid dienone is 1. The van der Waals surface area contributed by atoms with E-state index in [4.69, 9.17) is 5.11 Å². The summed E-state index contributed by atoms with van der Waals surface area (Å²) in [6, 6.07) is 0. The molecule has 0 aromatic carbocycles. The minimum Gasteiger partial charge on any atom is -0.481 e. The van der Waals surface area contributed by atoms with Crippen molar-refractivity contribution in [2.24, 2.45) is 11.8 Å². The molecule has 0 radical (unpaired) electrons. The highest BCUT2D eigenvalue weighted by atomic mass is 16.4. The lowest BCUT2D eigenvalue weighted by molar-refractivity contribution is -0.137. The van der Waals surface area contributed by atoms with Gasteiger partial charge in [0.15, 0.2) is 0 Å². The van der Waals surface area contributed by atoms with Crippen molar-refractivity contribution in [1.82, 2.24) is 0 Å². The normalized spacial score (nSPS) is 28.2. The molecule has 5 unspecified atom stereocenters. The number of carbonyl (C=O) groups is 1. The predicted molar refractivity (Wildman–Crippen MR) is 98.1 cm³/mol. The highest BCUT2D eigenvalue weighted by molar-refractivity contribution is 5.66. The van der Waals surface area contributed by atoms with Crippen LogP contribution in [0.2, 0.25) is 0 Å². The van der Waals surface area contributed by atoms with Gasteiger partial charge in [-0.15, -0.1) is 0 Å². The molecule has 0 saturated heterocycles. The van der Waals surface area contributed by atoms with Gasteiger partial charge < -0.3 is 20.4 Å². The van der Waals surface area contributed by atoms with Gasteiger partial charge in [0.25, 0.3) is 0 Å². The average Bonchev–Trinajstić information content (AvgIpc) is 2.82. The summed E-state index contributed by atoms with van der Waals surface area (Å²) in [6.07, 6.45) is 12.2. The van der Waals surface area contributed by atoms with Crippen LogP contribution < -0.4 is 0 Å². The summed E-state index contributed by atoms with van der Waals surface area (Å²) in [5, 5.41) is 38.9. The number of hydrogen-bond acceptors (Lipinski definition) is 4. The first-order chi connectivity index (χ1) is 12.0. The van der Waals surface area contributed by atoms with Gasteiger partial charge in [-0.1, -0.05) is 50.5 Å². The van der Waals surface area contributed by atoms with Crippen LogP contribution in [0.1, 0.15) is 64.7 Å². The Morgan fingerprint density at radius 3 is 2.60 bits per heavy atom. The van der Waals surface area contributed by atoms with E-state index >= 15 is 0 Å². The van der Waals surface area contributed by atoms with Crippen LogP contribution in [-0.2, 0) is 4.79 Å². The lowest BCUT2D eigenvalue weighted by atomic mass is 9.88. The second-order valence-electron chi connectivity index (χ2n) is 7.05. The molecule has 1 fully saturated rings. The molecule has 5 nitrogen and oxygen atoms in total. The molecule has 5 heteroatoms. The molecule has 144 valence electrons. The molecule has 4 N–H and O–H groups in total. The summed E-state index contributed by atoms with van der Waals surface area (Å²) in [6.45, 7) is 2.14. The Kier molecular flexibility index (Phi) is 10.7. The second kappa shape index (κ2) is 12.2. The van der Waals surface area contributed by atoms with Crippen LogP contribution in [-0.4, -0.2) is 44.7 Å². The first kappa shape index (κ1) is 21.9. The van der Waals surface area contributed by atoms with Crippen molar-refractivity contribution in [2.45, 2.75) is 83.0 Å². The van der Waals surface area contributed by atoms with Gasteiger partial charge in [-0.3, -0.25) is 4.79 Å². The number of aliphatic hydroxyl groups is 3. The van der Waals surface area contributed by atoms with Crippen molar-refractivity contribution in [3.05, 3.63) is 24.3 Å². The third-order valence-electron chi connectivity index (χ3n) is 4.92. The standard InChI is InChI=1S/C20H34O5/c1-2-3-6-10-16-17(19(23)14-18(16)22)13-12-15(21)9-7-4-5-8-11-20(24)25/h4,7,12-13,15-19,21-23H,2-3,5-6,8-11,14H2,1H3,(H,24,25). The topological polar surface area (TPSA) is 98.0 Å². The zero-order valence-electron chi connectivity index (χ0n) is 15.3. The maximum atomic E-state index is 10.4. The van der Waals surface area contributed by atoms with Gasteiger partial charge in [0, 0.05) is 18.8 Å². The predicted octanol–water partition coefficient (Wildman–Crippen LogP) is 3.04. The van der Waals surface area contributed by atoms with Gasteiger partial charge in [0.05, 0.1) is 18.3 Å². The SMILES string of the molecule is CCCCCC1C(O)CC(O)C1C=CC(O)CC=CCCCC(=O)O. The molecule has 0 bridgehead atoms. The summed E-state index contributed by atoms with van der Waals surface area (Å²) in [4.78, 5) is 10.4. The van der Waals surface area contributed by atoms with Crippen LogP contribution in [0.15, 0.2) is 24.3 Å². The van der Waals surface area contributed by atoms with Crippen LogP contribution in [0, 0.1) is 11.8 Å². The van der Waals surface area contributed by atoms with Crippen molar-refractivity contribution >= 4 is 5.97 Å². The summed E-state index contributed by atoms with van der Waals surface area (Å²) >= 11 is 0. The molecule has 1 rings (SSSR count). The maximum absolute atomic E-state index is 10.4.